The van der Waals surface area contributed by atoms with Gasteiger partial charge in [0.15, 0.2) is 11.2 Å². The van der Waals surface area contributed by atoms with Crippen LogP contribution in [-0.2, 0) is 18.4 Å². The third-order valence-corrected chi connectivity index (χ3v) is 4.28. The van der Waals surface area contributed by atoms with Crippen LogP contribution in [0.4, 0.5) is 5.95 Å². The Hall–Kier alpha value is -3.17. The van der Waals surface area contributed by atoms with Crippen LogP contribution in [0.2, 0.25) is 0 Å². The molecule has 1 aliphatic rings. The van der Waals surface area contributed by atoms with Gasteiger partial charge < -0.3 is 5.73 Å². The third-order valence-electron chi connectivity index (χ3n) is 4.28. The van der Waals surface area contributed by atoms with Crippen molar-refractivity contribution < 1.29 is 4.79 Å². The Bertz CT molecular complexity index is 1040. The molecule has 1 atom stereocenters. The topological polar surface area (TPSA) is 121 Å². The second-order valence-electron chi connectivity index (χ2n) is 5.94. The Morgan fingerprint density at radius 2 is 2.08 bits per heavy atom. The van der Waals surface area contributed by atoms with Gasteiger partial charge in [0.05, 0.1) is 11.8 Å². The molecule has 0 fully saturated rings. The molecule has 10 heteroatoms. The smallest absolute Gasteiger partial charge is 0.332 e. The number of imidazole rings is 1. The first-order valence-corrected chi connectivity index (χ1v) is 7.71. The van der Waals surface area contributed by atoms with Gasteiger partial charge in [-0.25, -0.2) is 9.80 Å². The number of rotatable bonds is 4. The number of allylic oxidation sites excluding steroid dienone is 1. The number of carbonyl (C=O) groups is 1. The van der Waals surface area contributed by atoms with E-state index < -0.39 is 17.2 Å². The second kappa shape index (κ2) is 5.72. The first-order valence-electron chi connectivity index (χ1n) is 7.71. The van der Waals surface area contributed by atoms with Crippen molar-refractivity contribution in [2.45, 2.75) is 26.4 Å². The van der Waals surface area contributed by atoms with Crippen molar-refractivity contribution in [2.24, 2.45) is 17.9 Å². The number of aryl methyl sites for hydroxylation is 1. The van der Waals surface area contributed by atoms with Crippen molar-refractivity contribution in [3.63, 3.8) is 0 Å². The van der Waals surface area contributed by atoms with Gasteiger partial charge in [-0.2, -0.15) is 10.1 Å². The van der Waals surface area contributed by atoms with Crippen molar-refractivity contribution in [3.05, 3.63) is 33.5 Å². The van der Waals surface area contributed by atoms with Crippen LogP contribution in [0.1, 0.15) is 19.9 Å². The highest BCUT2D eigenvalue weighted by atomic mass is 16.2. The van der Waals surface area contributed by atoms with Gasteiger partial charge in [0, 0.05) is 13.6 Å². The molecular weight excluding hydrogens is 326 g/mol. The maximum absolute atomic E-state index is 12.9. The summed E-state index contributed by atoms with van der Waals surface area (Å²) in [4.78, 5) is 41.1. The van der Waals surface area contributed by atoms with Gasteiger partial charge in [-0.05, 0) is 13.8 Å². The summed E-state index contributed by atoms with van der Waals surface area (Å²) in [5, 5.41) is 5.68. The maximum Gasteiger partial charge on any atom is 0.332 e. The number of amides is 1. The van der Waals surface area contributed by atoms with E-state index in [2.05, 4.69) is 16.7 Å². The van der Waals surface area contributed by atoms with Crippen LogP contribution < -0.4 is 22.0 Å². The molecule has 0 radical (unpaired) electrons. The van der Waals surface area contributed by atoms with E-state index in [4.69, 9.17) is 5.73 Å². The van der Waals surface area contributed by atoms with E-state index in [0.29, 0.717) is 11.7 Å². The average molecular weight is 345 g/mol. The molecule has 0 aromatic carbocycles. The monoisotopic (exact) mass is 345 g/mol. The molecule has 3 rings (SSSR count). The van der Waals surface area contributed by atoms with Crippen LogP contribution in [0.5, 0.6) is 0 Å². The van der Waals surface area contributed by atoms with E-state index >= 15 is 0 Å². The lowest BCUT2D eigenvalue weighted by atomic mass is 10.2. The van der Waals surface area contributed by atoms with Gasteiger partial charge in [-0.15, -0.1) is 6.58 Å². The van der Waals surface area contributed by atoms with Gasteiger partial charge in [0.1, 0.15) is 6.54 Å². The molecule has 1 unspecified atom stereocenters. The summed E-state index contributed by atoms with van der Waals surface area (Å²) in [5.41, 5.74) is 5.53. The summed E-state index contributed by atoms with van der Waals surface area (Å²) in [6.45, 7) is 7.16. The molecular formula is C15H19N7O3. The summed E-state index contributed by atoms with van der Waals surface area (Å²) >= 11 is 0. The van der Waals surface area contributed by atoms with Gasteiger partial charge >= 0.3 is 5.69 Å². The van der Waals surface area contributed by atoms with Crippen molar-refractivity contribution in [3.8, 4) is 0 Å². The van der Waals surface area contributed by atoms with Crippen molar-refractivity contribution in [1.29, 1.82) is 0 Å². The third kappa shape index (κ3) is 2.37. The SMILES string of the molecule is C=CCn1c(=O)c2c(nc3n2C(C)C(C)=NN3CC(N)=O)n(C)c1=O. The normalized spacial score (nSPS) is 16.7. The number of hydrazone groups is 1. The number of primary amides is 1. The lowest BCUT2D eigenvalue weighted by Crippen LogP contribution is -2.40. The average Bonchev–Trinajstić information content (AvgIpc) is 2.95. The lowest BCUT2D eigenvalue weighted by molar-refractivity contribution is -0.116. The number of aromatic nitrogens is 4. The van der Waals surface area contributed by atoms with E-state index in [0.717, 1.165) is 4.57 Å². The summed E-state index contributed by atoms with van der Waals surface area (Å²) < 4.78 is 4.08. The molecule has 25 heavy (non-hydrogen) atoms. The zero-order chi connectivity index (χ0) is 18.5. The van der Waals surface area contributed by atoms with Crippen molar-refractivity contribution in [1.82, 2.24) is 18.7 Å². The van der Waals surface area contributed by atoms with Crippen molar-refractivity contribution in [2.75, 3.05) is 11.6 Å². The lowest BCUT2D eigenvalue weighted by Gasteiger charge is -2.28. The summed E-state index contributed by atoms with van der Waals surface area (Å²) in [6, 6.07) is -0.258. The molecule has 2 aromatic rings. The van der Waals surface area contributed by atoms with E-state index in [-0.39, 0.29) is 30.3 Å². The number of anilines is 1. The van der Waals surface area contributed by atoms with Crippen LogP contribution >= 0.6 is 0 Å². The zero-order valence-electron chi connectivity index (χ0n) is 14.3. The minimum absolute atomic E-state index is 0.0917. The molecule has 0 saturated carbocycles. The first-order chi connectivity index (χ1) is 11.8. The van der Waals surface area contributed by atoms with Gasteiger partial charge in [0.2, 0.25) is 11.9 Å². The molecule has 0 bridgehead atoms. The molecule has 2 N–H and O–H groups in total. The Morgan fingerprint density at radius 3 is 2.68 bits per heavy atom. The summed E-state index contributed by atoms with van der Waals surface area (Å²) in [5.74, 6) is -0.280. The molecule has 3 heterocycles. The van der Waals surface area contributed by atoms with Gasteiger partial charge in [0.25, 0.3) is 5.56 Å². The van der Waals surface area contributed by atoms with Crippen LogP contribution in [0.15, 0.2) is 27.3 Å². The highest BCUT2D eigenvalue weighted by molar-refractivity contribution is 5.92. The fourth-order valence-electron chi connectivity index (χ4n) is 2.93. The predicted octanol–water partition coefficient (Wildman–Crippen LogP) is -0.675. The molecule has 0 aliphatic carbocycles. The quantitative estimate of drug-likeness (QED) is 0.736. The van der Waals surface area contributed by atoms with E-state index in [1.807, 2.05) is 6.92 Å². The van der Waals surface area contributed by atoms with Gasteiger partial charge in [-0.3, -0.25) is 23.3 Å². The number of carbonyl (C=O) groups excluding carboxylic acids is 1. The fraction of sp³-hybridized carbons (Fsp3) is 0.400. The Labute approximate surface area is 142 Å². The number of hydrogen-bond acceptors (Lipinski definition) is 6. The number of hydrogen-bond donors (Lipinski definition) is 1. The minimum Gasteiger partial charge on any atom is -0.368 e. The molecule has 0 spiro atoms. The van der Waals surface area contributed by atoms with Crippen LogP contribution in [0, 0.1) is 0 Å². The van der Waals surface area contributed by atoms with E-state index in [1.165, 1.54) is 15.7 Å². The highest BCUT2D eigenvalue weighted by Crippen LogP contribution is 2.29. The minimum atomic E-state index is -0.581. The molecule has 10 nitrogen and oxygen atoms in total. The molecule has 132 valence electrons. The fourth-order valence-corrected chi connectivity index (χ4v) is 2.93. The van der Waals surface area contributed by atoms with Crippen LogP contribution in [-0.4, -0.2) is 36.8 Å². The zero-order valence-corrected chi connectivity index (χ0v) is 14.3. The van der Waals surface area contributed by atoms with Crippen molar-refractivity contribution >= 4 is 28.7 Å². The number of fused-ring (bicyclic) bond motifs is 3. The van der Waals surface area contributed by atoms with E-state index in [1.54, 1.807) is 18.5 Å². The Morgan fingerprint density at radius 1 is 1.40 bits per heavy atom. The Kier molecular flexibility index (Phi) is 3.82. The second-order valence-corrected chi connectivity index (χ2v) is 5.94. The maximum atomic E-state index is 12.9. The number of nitrogens with zero attached hydrogens (tertiary/aromatic N) is 6. The highest BCUT2D eigenvalue weighted by Gasteiger charge is 2.31. The standard InChI is InChI=1S/C15H19N7O3/c1-5-6-20-13(24)11-12(19(4)15(20)25)17-14-21(7-10(16)23)18-8(2)9(3)22(11)14/h5,9H,1,6-7H2,2-4H3,(H2,16,23). The molecule has 2 aromatic heterocycles. The number of nitrogens with two attached hydrogens (primary N) is 1. The first kappa shape index (κ1) is 16.7. The predicted molar refractivity (Wildman–Crippen MR) is 93.8 cm³/mol. The largest absolute Gasteiger partial charge is 0.368 e. The summed E-state index contributed by atoms with van der Waals surface area (Å²) in [7, 11) is 1.54. The Balaban J connectivity index is 2.41. The molecule has 1 amide bonds. The molecule has 0 saturated heterocycles. The van der Waals surface area contributed by atoms with E-state index in [9.17, 15) is 14.4 Å². The van der Waals surface area contributed by atoms with Gasteiger partial charge in [-0.1, -0.05) is 6.08 Å². The molecule has 1 aliphatic heterocycles. The van der Waals surface area contributed by atoms with Crippen LogP contribution in [0.25, 0.3) is 11.2 Å². The van der Waals surface area contributed by atoms with Crippen LogP contribution in [0.3, 0.4) is 0 Å². The summed E-state index contributed by atoms with van der Waals surface area (Å²) in [6.07, 6.45) is 1.48.